The van der Waals surface area contributed by atoms with E-state index in [4.69, 9.17) is 23.2 Å². The summed E-state index contributed by atoms with van der Waals surface area (Å²) in [5, 5.41) is 1.20. The van der Waals surface area contributed by atoms with Crippen molar-refractivity contribution in [1.29, 1.82) is 0 Å². The predicted molar refractivity (Wildman–Crippen MR) is 99.9 cm³/mol. The number of nitrogens with zero attached hydrogens (tertiary/aromatic N) is 2. The van der Waals surface area contributed by atoms with Gasteiger partial charge in [0.05, 0.1) is 0 Å². The fraction of sp³-hybridized carbons (Fsp3) is 0.579. The van der Waals surface area contributed by atoms with Gasteiger partial charge in [-0.3, -0.25) is 9.59 Å². The van der Waals surface area contributed by atoms with E-state index in [0.717, 1.165) is 18.4 Å². The van der Waals surface area contributed by atoms with Gasteiger partial charge >= 0.3 is 0 Å². The molecule has 0 radical (unpaired) electrons. The van der Waals surface area contributed by atoms with Crippen molar-refractivity contribution in [3.63, 3.8) is 0 Å². The molecule has 2 amide bonds. The van der Waals surface area contributed by atoms with Crippen molar-refractivity contribution in [3.8, 4) is 0 Å². The quantitative estimate of drug-likeness (QED) is 0.794. The Bertz CT molecular complexity index is 636. The third-order valence-electron chi connectivity index (χ3n) is 5.27. The molecule has 0 unspecified atom stereocenters. The molecule has 1 heterocycles. The molecule has 1 aliphatic carbocycles. The second-order valence-corrected chi connectivity index (χ2v) is 7.77. The van der Waals surface area contributed by atoms with E-state index in [1.54, 1.807) is 12.1 Å². The van der Waals surface area contributed by atoms with Gasteiger partial charge in [-0.1, -0.05) is 42.1 Å². The number of carbonyl (C=O) groups is 2. The minimum absolute atomic E-state index is 0.124. The molecule has 0 bridgehead atoms. The lowest BCUT2D eigenvalue weighted by molar-refractivity contribution is -0.142. The van der Waals surface area contributed by atoms with Gasteiger partial charge in [0.2, 0.25) is 11.8 Å². The maximum absolute atomic E-state index is 12.4. The van der Waals surface area contributed by atoms with Gasteiger partial charge < -0.3 is 9.80 Å². The molecule has 136 valence electrons. The van der Waals surface area contributed by atoms with Gasteiger partial charge in [0.15, 0.2) is 0 Å². The van der Waals surface area contributed by atoms with E-state index in [9.17, 15) is 9.59 Å². The van der Waals surface area contributed by atoms with E-state index in [1.165, 1.54) is 12.8 Å². The van der Waals surface area contributed by atoms with Crippen LogP contribution in [0, 0.1) is 5.92 Å². The number of benzene rings is 1. The van der Waals surface area contributed by atoms with Crippen LogP contribution in [0.25, 0.3) is 0 Å². The molecule has 0 N–H and O–H groups in total. The number of aryl methyl sites for hydroxylation is 1. The second-order valence-electron chi connectivity index (χ2n) is 6.92. The Labute approximate surface area is 159 Å². The van der Waals surface area contributed by atoms with Crippen LogP contribution in [0.3, 0.4) is 0 Å². The van der Waals surface area contributed by atoms with Crippen molar-refractivity contribution in [2.45, 2.75) is 38.5 Å². The average Bonchev–Trinajstić information content (AvgIpc) is 3.15. The first kappa shape index (κ1) is 18.5. The lowest BCUT2D eigenvalue weighted by Crippen LogP contribution is -2.51. The third kappa shape index (κ3) is 4.68. The second kappa shape index (κ2) is 8.41. The van der Waals surface area contributed by atoms with Crippen LogP contribution in [0.2, 0.25) is 10.0 Å². The van der Waals surface area contributed by atoms with Crippen molar-refractivity contribution in [2.24, 2.45) is 5.92 Å². The molecule has 0 spiro atoms. The van der Waals surface area contributed by atoms with Gasteiger partial charge in [-0.2, -0.15) is 0 Å². The molecule has 0 aromatic heterocycles. The smallest absolute Gasteiger partial charge is 0.225 e. The summed E-state index contributed by atoms with van der Waals surface area (Å²) >= 11 is 12.1. The molecule has 6 heteroatoms. The van der Waals surface area contributed by atoms with E-state index in [0.29, 0.717) is 49.1 Å². The first-order valence-electron chi connectivity index (χ1n) is 9.05. The molecule has 1 aromatic carbocycles. The summed E-state index contributed by atoms with van der Waals surface area (Å²) in [4.78, 5) is 28.7. The molecule has 0 atom stereocenters. The highest BCUT2D eigenvalue weighted by molar-refractivity contribution is 6.35. The molecule has 1 saturated carbocycles. The van der Waals surface area contributed by atoms with E-state index in [1.807, 2.05) is 15.9 Å². The Balaban J connectivity index is 1.45. The highest BCUT2D eigenvalue weighted by Gasteiger charge is 2.30. The molecule has 1 aromatic rings. The maximum Gasteiger partial charge on any atom is 0.225 e. The number of hydrogen-bond acceptors (Lipinski definition) is 2. The first-order valence-corrected chi connectivity index (χ1v) is 9.80. The molecule has 2 fully saturated rings. The van der Waals surface area contributed by atoms with Gasteiger partial charge in [-0.15, -0.1) is 0 Å². The first-order chi connectivity index (χ1) is 12.0. The van der Waals surface area contributed by atoms with Crippen LogP contribution >= 0.6 is 23.2 Å². The Morgan fingerprint density at radius 2 is 1.64 bits per heavy atom. The monoisotopic (exact) mass is 382 g/mol. The number of hydrogen-bond donors (Lipinski definition) is 0. The number of carbonyl (C=O) groups excluding carboxylic acids is 2. The van der Waals surface area contributed by atoms with Crippen LogP contribution in [0.1, 0.15) is 37.7 Å². The summed E-state index contributed by atoms with van der Waals surface area (Å²) in [6.07, 6.45) is 5.43. The molecule has 25 heavy (non-hydrogen) atoms. The number of amides is 2. The zero-order valence-electron chi connectivity index (χ0n) is 14.3. The summed E-state index contributed by atoms with van der Waals surface area (Å²) < 4.78 is 0. The Kier molecular flexibility index (Phi) is 6.24. The molecular formula is C19H24Cl2N2O2. The van der Waals surface area contributed by atoms with Gasteiger partial charge in [0.1, 0.15) is 0 Å². The Morgan fingerprint density at radius 1 is 1.00 bits per heavy atom. The van der Waals surface area contributed by atoms with Gasteiger partial charge in [0, 0.05) is 48.6 Å². The van der Waals surface area contributed by atoms with Crippen LogP contribution in [0.15, 0.2) is 18.2 Å². The lowest BCUT2D eigenvalue weighted by atomic mass is 10.1. The summed E-state index contributed by atoms with van der Waals surface area (Å²) in [5.74, 6) is 0.630. The highest BCUT2D eigenvalue weighted by atomic mass is 35.5. The Morgan fingerprint density at radius 3 is 2.28 bits per heavy atom. The van der Waals surface area contributed by atoms with Crippen molar-refractivity contribution in [3.05, 3.63) is 33.8 Å². The molecule has 3 rings (SSSR count). The summed E-state index contributed by atoms with van der Waals surface area (Å²) in [7, 11) is 0. The number of halogens is 2. The van der Waals surface area contributed by atoms with E-state index >= 15 is 0 Å². The summed E-state index contributed by atoms with van der Waals surface area (Å²) in [6, 6.07) is 5.37. The number of rotatable bonds is 4. The van der Waals surface area contributed by atoms with Crippen molar-refractivity contribution in [1.82, 2.24) is 9.80 Å². The molecular weight excluding hydrogens is 359 g/mol. The third-order valence-corrected chi connectivity index (χ3v) is 5.86. The van der Waals surface area contributed by atoms with E-state index < -0.39 is 0 Å². The minimum Gasteiger partial charge on any atom is -0.339 e. The van der Waals surface area contributed by atoms with E-state index in [2.05, 4.69) is 0 Å². The van der Waals surface area contributed by atoms with Gasteiger partial charge in [-0.05, 0) is 37.0 Å². The number of piperazine rings is 1. The summed E-state index contributed by atoms with van der Waals surface area (Å²) in [5.41, 5.74) is 0.939. The standard InChI is InChI=1S/C19H24Cl2N2O2/c20-16-7-5-14(17(21)13-16)6-8-18(24)22-9-11-23(12-10-22)19(25)15-3-1-2-4-15/h5,7,13,15H,1-4,6,8-12H2. The fourth-order valence-corrected chi connectivity index (χ4v) is 4.23. The average molecular weight is 383 g/mol. The van der Waals surface area contributed by atoms with Gasteiger partial charge in [0.25, 0.3) is 0 Å². The van der Waals surface area contributed by atoms with E-state index in [-0.39, 0.29) is 17.7 Å². The maximum atomic E-state index is 12.4. The SMILES string of the molecule is O=C(CCc1ccc(Cl)cc1Cl)N1CCN(C(=O)C2CCCC2)CC1. The predicted octanol–water partition coefficient (Wildman–Crippen LogP) is 3.79. The zero-order valence-corrected chi connectivity index (χ0v) is 15.9. The normalized spacial score (nSPS) is 18.6. The van der Waals surface area contributed by atoms with Gasteiger partial charge in [-0.25, -0.2) is 0 Å². The minimum atomic E-state index is 0.124. The van der Waals surface area contributed by atoms with Crippen LogP contribution in [0.5, 0.6) is 0 Å². The molecule has 2 aliphatic rings. The largest absolute Gasteiger partial charge is 0.339 e. The fourth-order valence-electron chi connectivity index (χ4n) is 3.73. The van der Waals surface area contributed by atoms with Crippen LogP contribution < -0.4 is 0 Å². The van der Waals surface area contributed by atoms with Crippen molar-refractivity contribution < 1.29 is 9.59 Å². The summed E-state index contributed by atoms with van der Waals surface area (Å²) in [6.45, 7) is 2.57. The van der Waals surface area contributed by atoms with Crippen LogP contribution in [-0.2, 0) is 16.0 Å². The molecule has 1 aliphatic heterocycles. The molecule has 1 saturated heterocycles. The highest BCUT2D eigenvalue weighted by Crippen LogP contribution is 2.27. The van der Waals surface area contributed by atoms with Crippen molar-refractivity contribution >= 4 is 35.0 Å². The molecule has 4 nitrogen and oxygen atoms in total. The Hall–Kier alpha value is -1.26. The lowest BCUT2D eigenvalue weighted by Gasteiger charge is -2.36. The van der Waals surface area contributed by atoms with Crippen LogP contribution in [-0.4, -0.2) is 47.8 Å². The van der Waals surface area contributed by atoms with Crippen molar-refractivity contribution in [2.75, 3.05) is 26.2 Å². The van der Waals surface area contributed by atoms with Crippen LogP contribution in [0.4, 0.5) is 0 Å². The zero-order chi connectivity index (χ0) is 17.8. The topological polar surface area (TPSA) is 40.6 Å².